The van der Waals surface area contributed by atoms with Gasteiger partial charge in [-0.05, 0) is 50.8 Å². The third kappa shape index (κ3) is 6.95. The molecule has 1 aliphatic heterocycles. The molecule has 4 rings (SSSR count). The van der Waals surface area contributed by atoms with E-state index in [4.69, 9.17) is 0 Å². The highest BCUT2D eigenvalue weighted by Gasteiger charge is 2.29. The summed E-state index contributed by atoms with van der Waals surface area (Å²) < 4.78 is 2.17. The lowest BCUT2D eigenvalue weighted by atomic mass is 10.1. The molecule has 0 saturated carbocycles. The van der Waals surface area contributed by atoms with Crippen LogP contribution in [0.25, 0.3) is 5.69 Å². The summed E-state index contributed by atoms with van der Waals surface area (Å²) in [5.41, 5.74) is 3.48. The monoisotopic (exact) mass is 534 g/mol. The van der Waals surface area contributed by atoms with E-state index < -0.39 is 0 Å². The van der Waals surface area contributed by atoms with E-state index in [0.717, 1.165) is 35.3 Å². The summed E-state index contributed by atoms with van der Waals surface area (Å²) in [7, 11) is 0. The molecule has 1 atom stereocenters. The van der Waals surface area contributed by atoms with Gasteiger partial charge in [-0.1, -0.05) is 60.3 Å². The van der Waals surface area contributed by atoms with Gasteiger partial charge in [-0.3, -0.25) is 9.36 Å². The van der Waals surface area contributed by atoms with E-state index in [-0.39, 0.29) is 18.0 Å². The van der Waals surface area contributed by atoms with Gasteiger partial charge in [0.05, 0.1) is 5.69 Å². The average Bonchev–Trinajstić information content (AvgIpc) is 3.31. The topological polar surface area (TPSA) is 83.4 Å². The minimum absolute atomic E-state index is 0.0210. The lowest BCUT2D eigenvalue weighted by Gasteiger charge is -2.39. The highest BCUT2D eigenvalue weighted by atomic mass is 32.2. The minimum Gasteiger partial charge on any atom is -0.339 e. The van der Waals surface area contributed by atoms with Crippen molar-refractivity contribution in [2.24, 2.45) is 0 Å². The number of benzene rings is 2. The summed E-state index contributed by atoms with van der Waals surface area (Å²) >= 11 is 1.69. The summed E-state index contributed by atoms with van der Waals surface area (Å²) in [6.45, 7) is 8.40. The number of para-hydroxylation sites is 1. The van der Waals surface area contributed by atoms with Crippen LogP contribution in [0, 0.1) is 6.92 Å². The fourth-order valence-corrected chi connectivity index (χ4v) is 5.74. The number of unbranched alkanes of at least 4 members (excludes halogenated alkanes) is 1. The van der Waals surface area contributed by atoms with Gasteiger partial charge < -0.3 is 15.1 Å². The van der Waals surface area contributed by atoms with E-state index in [1.165, 1.54) is 11.1 Å². The lowest BCUT2D eigenvalue weighted by molar-refractivity contribution is -0.133. The summed E-state index contributed by atoms with van der Waals surface area (Å²) in [6.07, 6.45) is 2.98. The van der Waals surface area contributed by atoms with Gasteiger partial charge >= 0.3 is 6.03 Å². The van der Waals surface area contributed by atoms with Crippen LogP contribution in [-0.4, -0.2) is 74.5 Å². The zero-order valence-electron chi connectivity index (χ0n) is 22.6. The summed E-state index contributed by atoms with van der Waals surface area (Å²) in [6, 6.07) is 18.6. The second-order valence-electron chi connectivity index (χ2n) is 9.71. The van der Waals surface area contributed by atoms with Crippen LogP contribution >= 0.6 is 11.8 Å². The van der Waals surface area contributed by atoms with Crippen molar-refractivity contribution in [3.05, 3.63) is 71.5 Å². The molecule has 38 heavy (non-hydrogen) atoms. The molecule has 3 aromatic rings. The third-order valence-corrected chi connectivity index (χ3v) is 7.86. The van der Waals surface area contributed by atoms with Crippen molar-refractivity contribution in [2.45, 2.75) is 57.7 Å². The van der Waals surface area contributed by atoms with E-state index in [1.54, 1.807) is 11.8 Å². The molecule has 202 valence electrons. The van der Waals surface area contributed by atoms with Gasteiger partial charge in [-0.15, -0.1) is 10.2 Å². The Morgan fingerprint density at radius 2 is 1.79 bits per heavy atom. The van der Waals surface area contributed by atoms with Gasteiger partial charge in [0.2, 0.25) is 5.91 Å². The predicted molar refractivity (Wildman–Crippen MR) is 152 cm³/mol. The van der Waals surface area contributed by atoms with Gasteiger partial charge in [0.25, 0.3) is 0 Å². The summed E-state index contributed by atoms with van der Waals surface area (Å²) in [5, 5.41) is 12.8. The molecule has 8 nitrogen and oxygen atoms in total. The van der Waals surface area contributed by atoms with Crippen LogP contribution in [0.4, 0.5) is 4.79 Å². The van der Waals surface area contributed by atoms with Gasteiger partial charge in [0.15, 0.2) is 5.16 Å². The molecule has 0 aliphatic carbocycles. The van der Waals surface area contributed by atoms with E-state index >= 15 is 0 Å². The normalized spacial score (nSPS) is 15.5. The maximum Gasteiger partial charge on any atom is 0.317 e. The van der Waals surface area contributed by atoms with Crippen molar-refractivity contribution < 1.29 is 9.59 Å². The van der Waals surface area contributed by atoms with Crippen LogP contribution in [0.2, 0.25) is 0 Å². The smallest absolute Gasteiger partial charge is 0.317 e. The van der Waals surface area contributed by atoms with Crippen molar-refractivity contribution in [3.8, 4) is 5.69 Å². The van der Waals surface area contributed by atoms with Crippen molar-refractivity contribution in [3.63, 3.8) is 0 Å². The number of aryl methyl sites for hydroxylation is 1. The second-order valence-corrected chi connectivity index (χ2v) is 10.8. The Bertz CT molecular complexity index is 1210. The largest absolute Gasteiger partial charge is 0.339 e. The summed E-state index contributed by atoms with van der Waals surface area (Å²) in [4.78, 5) is 28.7. The standard InChI is InChI=1S/C29H38N6O2S/c1-4-30-28(37)34-18-17-33(21-23(34)3)27(36)16-10-11-19-38-29-32-31-26(20-24-13-6-5-7-14-24)35(29)25-15-9-8-12-22(25)2/h5-9,12-15,23H,4,10-11,16-21H2,1-3H3,(H,30,37). The van der Waals surface area contributed by atoms with Crippen LogP contribution in [0.5, 0.6) is 0 Å². The van der Waals surface area contributed by atoms with E-state index in [1.807, 2.05) is 54.0 Å². The number of thioether (sulfide) groups is 1. The molecule has 1 saturated heterocycles. The molecule has 1 aliphatic rings. The Kier molecular flexibility index (Phi) is 9.81. The first-order chi connectivity index (χ1) is 18.5. The number of rotatable bonds is 10. The molecule has 9 heteroatoms. The van der Waals surface area contributed by atoms with Gasteiger partial charge in [-0.25, -0.2) is 4.79 Å². The molecule has 0 radical (unpaired) electrons. The molecular weight excluding hydrogens is 496 g/mol. The van der Waals surface area contributed by atoms with Crippen molar-refractivity contribution in [2.75, 3.05) is 31.9 Å². The van der Waals surface area contributed by atoms with Gasteiger partial charge in [0, 0.05) is 50.8 Å². The molecule has 1 fully saturated rings. The first-order valence-electron chi connectivity index (χ1n) is 13.5. The third-order valence-electron chi connectivity index (χ3n) is 6.85. The molecule has 2 heterocycles. The lowest BCUT2D eigenvalue weighted by Crippen LogP contribution is -2.57. The number of carbonyl (C=O) groups excluding carboxylic acids is 2. The number of carbonyl (C=O) groups is 2. The van der Waals surface area contributed by atoms with Crippen LogP contribution < -0.4 is 5.32 Å². The number of nitrogens with zero attached hydrogens (tertiary/aromatic N) is 5. The fraction of sp³-hybridized carbons (Fsp3) is 0.448. The molecule has 0 bridgehead atoms. The zero-order chi connectivity index (χ0) is 26.9. The molecule has 1 N–H and O–H groups in total. The van der Waals surface area contributed by atoms with E-state index in [9.17, 15) is 9.59 Å². The Morgan fingerprint density at radius 3 is 2.53 bits per heavy atom. The van der Waals surface area contributed by atoms with Crippen LogP contribution in [0.1, 0.15) is 50.1 Å². The summed E-state index contributed by atoms with van der Waals surface area (Å²) in [5.74, 6) is 1.96. The maximum absolute atomic E-state index is 12.8. The van der Waals surface area contributed by atoms with Crippen LogP contribution in [0.15, 0.2) is 59.8 Å². The first kappa shape index (κ1) is 27.7. The minimum atomic E-state index is -0.0467. The fourth-order valence-electron chi connectivity index (χ4n) is 4.78. The maximum atomic E-state index is 12.8. The Balaban J connectivity index is 1.30. The number of amides is 3. The molecular formula is C29H38N6O2S. The Labute approximate surface area is 229 Å². The highest BCUT2D eigenvalue weighted by molar-refractivity contribution is 7.99. The average molecular weight is 535 g/mol. The van der Waals surface area contributed by atoms with Crippen LogP contribution in [-0.2, 0) is 11.2 Å². The Morgan fingerprint density at radius 1 is 1.03 bits per heavy atom. The molecule has 2 aromatic carbocycles. The number of hydrogen-bond donors (Lipinski definition) is 1. The van der Waals surface area contributed by atoms with E-state index in [2.05, 4.69) is 51.3 Å². The van der Waals surface area contributed by atoms with Crippen molar-refractivity contribution in [1.29, 1.82) is 0 Å². The predicted octanol–water partition coefficient (Wildman–Crippen LogP) is 4.69. The Hall–Kier alpha value is -3.33. The van der Waals surface area contributed by atoms with Crippen molar-refractivity contribution in [1.82, 2.24) is 29.9 Å². The van der Waals surface area contributed by atoms with Gasteiger partial charge in [-0.2, -0.15) is 0 Å². The molecule has 0 spiro atoms. The SMILES string of the molecule is CCNC(=O)N1CCN(C(=O)CCCCSc2nnc(Cc3ccccc3)n2-c2ccccc2C)CC1C. The quantitative estimate of drug-likeness (QED) is 0.301. The first-order valence-corrected chi connectivity index (χ1v) is 14.5. The number of piperazine rings is 1. The van der Waals surface area contributed by atoms with Crippen molar-refractivity contribution >= 4 is 23.7 Å². The van der Waals surface area contributed by atoms with Gasteiger partial charge in [0.1, 0.15) is 5.82 Å². The number of urea groups is 1. The van der Waals surface area contributed by atoms with E-state index in [0.29, 0.717) is 39.0 Å². The van der Waals surface area contributed by atoms with Crippen LogP contribution in [0.3, 0.4) is 0 Å². The highest BCUT2D eigenvalue weighted by Crippen LogP contribution is 2.26. The molecule has 3 amide bonds. The number of nitrogens with one attached hydrogen (secondary N) is 1. The zero-order valence-corrected chi connectivity index (χ0v) is 23.4. The molecule has 1 unspecified atom stereocenters. The molecule has 1 aromatic heterocycles. The number of aromatic nitrogens is 3. The second kappa shape index (κ2) is 13.5. The number of hydrogen-bond acceptors (Lipinski definition) is 5.